The second-order valence-corrected chi connectivity index (χ2v) is 10.0. The van der Waals surface area contributed by atoms with Crippen molar-refractivity contribution in [3.8, 4) is 0 Å². The molecule has 122 valence electrons. The summed E-state index contributed by atoms with van der Waals surface area (Å²) in [6.45, 7) is 7.55. The van der Waals surface area contributed by atoms with Gasteiger partial charge in [-0.25, -0.2) is 8.42 Å². The quantitative estimate of drug-likeness (QED) is 0.291. The summed E-state index contributed by atoms with van der Waals surface area (Å²) in [5.41, 5.74) is 0. The first kappa shape index (κ1) is 20.3. The normalized spacial score (nSPS) is 12.8. The Kier molecular flexibility index (Phi) is 11.2. The topological polar surface area (TPSA) is 61.8 Å². The van der Waals surface area contributed by atoms with Crippen molar-refractivity contribution in [2.24, 2.45) is 0 Å². The number of unbranched alkanes of at least 4 members (excludes halogenated alkanes) is 3. The molecule has 0 aliphatic carbocycles. The van der Waals surface area contributed by atoms with Gasteiger partial charge in [0.2, 0.25) is 9.05 Å². The zero-order valence-electron chi connectivity index (χ0n) is 12.7. The molecule has 0 saturated carbocycles. The molecule has 0 aliphatic heterocycles. The molecule has 0 heterocycles. The third-order valence-corrected chi connectivity index (χ3v) is 7.10. The molecule has 0 aromatic heterocycles. The Balaban J connectivity index is 4.06. The minimum Gasteiger partial charge on any atom is -0.374 e. The monoisotopic (exact) mass is 346 g/mol. The van der Waals surface area contributed by atoms with Crippen LogP contribution in [0.15, 0.2) is 0 Å². The van der Waals surface area contributed by atoms with Crippen LogP contribution >= 0.6 is 10.7 Å². The molecule has 0 aromatic carbocycles. The molecular weight excluding hydrogens is 320 g/mol. The van der Waals surface area contributed by atoms with Crippen LogP contribution in [-0.2, 0) is 22.3 Å². The van der Waals surface area contributed by atoms with Crippen LogP contribution in [0.1, 0.15) is 46.5 Å². The zero-order chi connectivity index (χ0) is 15.5. The fraction of sp³-hybridized carbons (Fsp3) is 1.00. The largest absolute Gasteiger partial charge is 0.500 e. The van der Waals surface area contributed by atoms with Crippen molar-refractivity contribution in [1.29, 1.82) is 0 Å². The van der Waals surface area contributed by atoms with Crippen molar-refractivity contribution in [3.05, 3.63) is 0 Å². The van der Waals surface area contributed by atoms with Crippen LogP contribution < -0.4 is 0 Å². The van der Waals surface area contributed by atoms with Gasteiger partial charge in [-0.05, 0) is 33.6 Å². The molecule has 0 bridgehead atoms. The van der Waals surface area contributed by atoms with Crippen LogP contribution in [0.25, 0.3) is 0 Å². The molecule has 0 aliphatic rings. The van der Waals surface area contributed by atoms with E-state index in [0.717, 1.165) is 25.3 Å². The molecule has 0 atom stereocenters. The van der Waals surface area contributed by atoms with E-state index < -0.39 is 17.9 Å². The molecule has 0 N–H and O–H groups in total. The summed E-state index contributed by atoms with van der Waals surface area (Å²) in [5.74, 6) is 0.0412. The van der Waals surface area contributed by atoms with Crippen molar-refractivity contribution in [2.45, 2.75) is 52.5 Å². The maximum Gasteiger partial charge on any atom is 0.500 e. The molecule has 0 rings (SSSR count). The fourth-order valence-electron chi connectivity index (χ4n) is 1.97. The van der Waals surface area contributed by atoms with E-state index in [0.29, 0.717) is 26.2 Å². The van der Waals surface area contributed by atoms with Crippen LogP contribution in [0.3, 0.4) is 0 Å². The van der Waals surface area contributed by atoms with Gasteiger partial charge < -0.3 is 13.3 Å². The Morgan fingerprint density at radius 2 is 1.30 bits per heavy atom. The lowest BCUT2D eigenvalue weighted by Crippen LogP contribution is -2.45. The van der Waals surface area contributed by atoms with Crippen molar-refractivity contribution in [2.75, 3.05) is 25.6 Å². The molecular formula is C12H27ClO5SSi. The van der Waals surface area contributed by atoms with E-state index >= 15 is 0 Å². The van der Waals surface area contributed by atoms with Gasteiger partial charge in [-0.1, -0.05) is 12.8 Å². The summed E-state index contributed by atoms with van der Waals surface area (Å²) >= 11 is 0. The van der Waals surface area contributed by atoms with Crippen LogP contribution in [0.2, 0.25) is 6.04 Å². The molecule has 8 heteroatoms. The minimum atomic E-state index is -3.36. The Labute approximate surface area is 128 Å². The van der Waals surface area contributed by atoms with Gasteiger partial charge in [0.15, 0.2) is 0 Å². The summed E-state index contributed by atoms with van der Waals surface area (Å²) in [4.78, 5) is 0. The molecule has 0 amide bonds. The highest BCUT2D eigenvalue weighted by molar-refractivity contribution is 8.13. The number of hydrogen-bond acceptors (Lipinski definition) is 5. The highest BCUT2D eigenvalue weighted by Gasteiger charge is 2.39. The molecule has 0 fully saturated rings. The highest BCUT2D eigenvalue weighted by atomic mass is 35.7. The van der Waals surface area contributed by atoms with Gasteiger partial charge in [0, 0.05) is 36.5 Å². The van der Waals surface area contributed by atoms with E-state index in [4.69, 9.17) is 24.0 Å². The number of hydrogen-bond donors (Lipinski definition) is 0. The van der Waals surface area contributed by atoms with Crippen LogP contribution in [0, 0.1) is 0 Å². The highest BCUT2D eigenvalue weighted by Crippen LogP contribution is 2.20. The van der Waals surface area contributed by atoms with Crippen molar-refractivity contribution in [1.82, 2.24) is 0 Å². The van der Waals surface area contributed by atoms with Gasteiger partial charge in [0.1, 0.15) is 0 Å². The lowest BCUT2D eigenvalue weighted by atomic mass is 10.2. The van der Waals surface area contributed by atoms with E-state index in [1.54, 1.807) is 0 Å². The molecule has 20 heavy (non-hydrogen) atoms. The fourth-order valence-corrected chi connectivity index (χ4v) is 5.53. The van der Waals surface area contributed by atoms with Gasteiger partial charge in [-0.2, -0.15) is 0 Å². The lowest BCUT2D eigenvalue weighted by Gasteiger charge is -2.28. The molecule has 0 radical (unpaired) electrons. The Hall–Kier alpha value is 0.337. The maximum absolute atomic E-state index is 10.8. The molecule has 0 saturated heterocycles. The van der Waals surface area contributed by atoms with Gasteiger partial charge in [0.25, 0.3) is 0 Å². The van der Waals surface area contributed by atoms with Crippen LogP contribution in [0.5, 0.6) is 0 Å². The van der Waals surface area contributed by atoms with Crippen LogP contribution in [0.4, 0.5) is 0 Å². The zero-order valence-corrected chi connectivity index (χ0v) is 15.3. The second-order valence-electron chi connectivity index (χ2n) is 4.39. The Morgan fingerprint density at radius 1 is 0.850 bits per heavy atom. The molecule has 5 nitrogen and oxygen atoms in total. The lowest BCUT2D eigenvalue weighted by molar-refractivity contribution is 0.0706. The predicted octanol–water partition coefficient (Wildman–Crippen LogP) is 3.16. The van der Waals surface area contributed by atoms with Gasteiger partial charge >= 0.3 is 8.80 Å². The standard InChI is InChI=1S/C12H27ClO5SSi/c1-4-16-20(17-5-2,18-6-3)12-10-8-7-9-11-19(13,14)15/h4-12H2,1-3H3. The summed E-state index contributed by atoms with van der Waals surface area (Å²) < 4.78 is 38.8. The second kappa shape index (κ2) is 11.0. The van der Waals surface area contributed by atoms with E-state index in [1.807, 2.05) is 20.8 Å². The average molecular weight is 347 g/mol. The van der Waals surface area contributed by atoms with Gasteiger partial charge in [-0.15, -0.1) is 0 Å². The van der Waals surface area contributed by atoms with Gasteiger partial charge in [0.05, 0.1) is 5.75 Å². The average Bonchev–Trinajstić information content (AvgIpc) is 2.33. The van der Waals surface area contributed by atoms with Crippen molar-refractivity contribution >= 4 is 28.5 Å². The first-order valence-electron chi connectivity index (χ1n) is 7.23. The summed E-state index contributed by atoms with van der Waals surface area (Å²) in [6.07, 6.45) is 3.27. The predicted molar refractivity (Wildman–Crippen MR) is 83.5 cm³/mol. The maximum atomic E-state index is 10.8. The van der Waals surface area contributed by atoms with Crippen molar-refractivity contribution < 1.29 is 21.7 Å². The first-order valence-corrected chi connectivity index (χ1v) is 11.6. The summed E-state index contributed by atoms with van der Waals surface area (Å²) in [6, 6.07) is 0.774. The molecule has 0 spiro atoms. The smallest absolute Gasteiger partial charge is 0.374 e. The molecule has 0 unspecified atom stereocenters. The number of rotatable bonds is 13. The third kappa shape index (κ3) is 10.1. The first-order chi connectivity index (χ1) is 9.39. The number of halogens is 1. The Morgan fingerprint density at radius 3 is 1.70 bits per heavy atom. The minimum absolute atomic E-state index is 0.0412. The van der Waals surface area contributed by atoms with E-state index in [1.165, 1.54) is 0 Å². The van der Waals surface area contributed by atoms with Gasteiger partial charge in [-0.3, -0.25) is 0 Å². The Bertz CT molecular complexity index is 320. The SMILES string of the molecule is CCO[Si](CCCCCCS(=O)(=O)Cl)(OCC)OCC. The van der Waals surface area contributed by atoms with Crippen molar-refractivity contribution in [3.63, 3.8) is 0 Å². The summed E-state index contributed by atoms with van der Waals surface area (Å²) in [5, 5.41) is 0. The van der Waals surface area contributed by atoms with E-state index in [9.17, 15) is 8.42 Å². The van der Waals surface area contributed by atoms with E-state index in [-0.39, 0.29) is 5.75 Å². The van der Waals surface area contributed by atoms with Crippen LogP contribution in [-0.4, -0.2) is 42.8 Å². The van der Waals surface area contributed by atoms with E-state index in [2.05, 4.69) is 0 Å². The molecule has 0 aromatic rings. The summed E-state index contributed by atoms with van der Waals surface area (Å²) in [7, 11) is -0.734. The third-order valence-electron chi connectivity index (χ3n) is 2.71.